The Kier molecular flexibility index (Phi) is 5.52. The van der Waals surface area contributed by atoms with Crippen molar-refractivity contribution in [1.82, 2.24) is 0 Å². The molecule has 0 aromatic heterocycles. The molecule has 1 heterocycles. The van der Waals surface area contributed by atoms with Crippen molar-refractivity contribution >= 4 is 23.3 Å². The molecule has 4 heteroatoms. The molecule has 0 amide bonds. The number of rotatable bonds is 2. The number of nitrogens with zero attached hydrogens (tertiary/aromatic N) is 1. The van der Waals surface area contributed by atoms with Gasteiger partial charge in [0.25, 0.3) is 6.02 Å². The summed E-state index contributed by atoms with van der Waals surface area (Å²) in [6.45, 7) is 20.9. The van der Waals surface area contributed by atoms with Crippen LogP contribution in [-0.4, -0.2) is 12.5 Å². The first-order valence-corrected chi connectivity index (χ1v) is 11.7. The highest BCUT2D eigenvalue weighted by atomic mass is 35.5. The van der Waals surface area contributed by atoms with Crippen LogP contribution in [0.1, 0.15) is 83.2 Å². The average molecular weight is 457 g/mol. The van der Waals surface area contributed by atoms with Crippen molar-refractivity contribution in [3.8, 4) is 0 Å². The third kappa shape index (κ3) is 4.05. The Morgan fingerprint density at radius 1 is 0.938 bits per heavy atom. The summed E-state index contributed by atoms with van der Waals surface area (Å²) in [5, 5.41) is 3.88. The number of halogens is 1. The second-order valence-corrected chi connectivity index (χ2v) is 11.6. The van der Waals surface area contributed by atoms with E-state index >= 15 is 0 Å². The zero-order valence-electron chi connectivity index (χ0n) is 23.5. The molecule has 1 N–H and O–H groups in total. The van der Waals surface area contributed by atoms with Crippen LogP contribution in [0, 0.1) is 45.4 Å². The van der Waals surface area contributed by atoms with Crippen LogP contribution in [0.5, 0.6) is 0 Å². The Hall–Kier alpha value is -2.00. The van der Waals surface area contributed by atoms with Gasteiger partial charge >= 0.3 is 0 Å². The summed E-state index contributed by atoms with van der Waals surface area (Å²) in [6.07, 6.45) is 0. The van der Waals surface area contributed by atoms with E-state index in [9.17, 15) is 0 Å². The first-order valence-electron chi connectivity index (χ1n) is 12.3. The average Bonchev–Trinajstić information content (AvgIpc) is 2.69. The molecular formula is C28H39ClN2O. The highest BCUT2D eigenvalue weighted by molar-refractivity contribution is 6.30. The Balaban J connectivity index is 2.50. The van der Waals surface area contributed by atoms with Crippen molar-refractivity contribution in [3.05, 3.63) is 62.2 Å². The van der Waals surface area contributed by atoms with Crippen molar-refractivity contribution in [2.75, 3.05) is 11.8 Å². The van der Waals surface area contributed by atoms with Gasteiger partial charge in [0.15, 0.2) is 5.60 Å². The number of aliphatic imine (C=N–C) groups is 1. The smallest absolute Gasteiger partial charge is 0.290 e. The SMILES string of the molecule is [2H]C([2H])(N=C1Nc2ccc(Cl)cc2C(c2c(C)c(C)c(C)c(C)c2C)(C(C)(C)C)O1)C(C)(C)C. The summed E-state index contributed by atoms with van der Waals surface area (Å²) in [4.78, 5) is 4.50. The van der Waals surface area contributed by atoms with E-state index in [1.54, 1.807) is 0 Å². The molecule has 0 saturated carbocycles. The number of hydrogen-bond donors (Lipinski definition) is 1. The Morgan fingerprint density at radius 3 is 1.97 bits per heavy atom. The predicted molar refractivity (Wildman–Crippen MR) is 138 cm³/mol. The summed E-state index contributed by atoms with van der Waals surface area (Å²) < 4.78 is 24.2. The Morgan fingerprint density at radius 2 is 1.47 bits per heavy atom. The standard InChI is InChI=1S/C28H39ClN2O/c1-16-17(2)19(4)24(20(5)18(16)3)28(27(9,10)11)22-14-21(29)12-13-23(22)31-25(32-28)30-15-26(6,7)8/h12-14H,15H2,1-11H3,(H,30,31)/i15D2. The predicted octanol–water partition coefficient (Wildman–Crippen LogP) is 8.02. The lowest BCUT2D eigenvalue weighted by Crippen LogP contribution is -2.51. The Labute approximate surface area is 202 Å². The molecule has 1 unspecified atom stereocenters. The van der Waals surface area contributed by atoms with Crippen LogP contribution in [0.4, 0.5) is 5.69 Å². The van der Waals surface area contributed by atoms with Gasteiger partial charge in [0.05, 0.1) is 2.74 Å². The first kappa shape index (κ1) is 21.8. The van der Waals surface area contributed by atoms with Gasteiger partial charge in [-0.05, 0) is 86.1 Å². The highest BCUT2D eigenvalue weighted by Gasteiger charge is 2.53. The molecule has 0 fully saturated rings. The van der Waals surface area contributed by atoms with Gasteiger partial charge in [0, 0.05) is 33.7 Å². The lowest BCUT2D eigenvalue weighted by Gasteiger charge is -2.50. The fourth-order valence-electron chi connectivity index (χ4n) is 4.67. The zero-order valence-corrected chi connectivity index (χ0v) is 22.2. The van der Waals surface area contributed by atoms with E-state index in [1.807, 2.05) is 39.0 Å². The quantitative estimate of drug-likeness (QED) is 0.496. The molecule has 0 saturated heterocycles. The Bertz CT molecular complexity index is 1140. The van der Waals surface area contributed by atoms with Crippen LogP contribution in [0.15, 0.2) is 23.2 Å². The number of nitrogens with one attached hydrogen (secondary N) is 1. The summed E-state index contributed by atoms with van der Waals surface area (Å²) in [6, 6.07) is 5.92. The van der Waals surface area contributed by atoms with E-state index in [4.69, 9.17) is 19.1 Å². The normalized spacial score (nSPS) is 21.4. The van der Waals surface area contributed by atoms with E-state index in [0.717, 1.165) is 16.8 Å². The monoisotopic (exact) mass is 456 g/mol. The lowest BCUT2D eigenvalue weighted by molar-refractivity contribution is -0.0168. The molecule has 1 aliphatic heterocycles. The van der Waals surface area contributed by atoms with Crippen LogP contribution >= 0.6 is 11.6 Å². The van der Waals surface area contributed by atoms with E-state index in [-0.39, 0.29) is 6.02 Å². The maximum atomic E-state index is 8.64. The van der Waals surface area contributed by atoms with Crippen LogP contribution in [0.25, 0.3) is 0 Å². The molecule has 2 aromatic carbocycles. The minimum Gasteiger partial charge on any atom is -0.448 e. The van der Waals surface area contributed by atoms with Crippen molar-refractivity contribution in [2.45, 2.75) is 81.8 Å². The fraction of sp³-hybridized carbons (Fsp3) is 0.536. The summed E-state index contributed by atoms with van der Waals surface area (Å²) >= 11 is 6.54. The van der Waals surface area contributed by atoms with Crippen molar-refractivity contribution in [2.24, 2.45) is 15.8 Å². The lowest BCUT2D eigenvalue weighted by atomic mass is 9.64. The summed E-state index contributed by atoms with van der Waals surface area (Å²) in [5.41, 5.74) is 6.85. The van der Waals surface area contributed by atoms with Gasteiger partial charge in [-0.2, -0.15) is 0 Å². The van der Waals surface area contributed by atoms with Gasteiger partial charge in [-0.3, -0.25) is 0 Å². The highest BCUT2D eigenvalue weighted by Crippen LogP contribution is 2.55. The molecule has 174 valence electrons. The second kappa shape index (κ2) is 8.09. The van der Waals surface area contributed by atoms with E-state index in [1.165, 1.54) is 27.8 Å². The van der Waals surface area contributed by atoms with Gasteiger partial charge in [0.1, 0.15) is 0 Å². The first-order chi connectivity index (χ1) is 15.3. The molecule has 0 spiro atoms. The number of hydrogen-bond acceptors (Lipinski definition) is 2. The summed E-state index contributed by atoms with van der Waals surface area (Å²) in [7, 11) is 0. The molecular weight excluding hydrogens is 416 g/mol. The van der Waals surface area contributed by atoms with Crippen LogP contribution in [0.3, 0.4) is 0 Å². The summed E-state index contributed by atoms with van der Waals surface area (Å²) in [5.74, 6) is 0. The molecule has 1 atom stereocenters. The number of benzene rings is 2. The van der Waals surface area contributed by atoms with Gasteiger partial charge in [0.2, 0.25) is 0 Å². The van der Waals surface area contributed by atoms with Gasteiger partial charge in [-0.25, -0.2) is 4.99 Å². The van der Waals surface area contributed by atoms with Crippen LogP contribution in [-0.2, 0) is 10.3 Å². The number of amidine groups is 1. The molecule has 1 aliphatic rings. The topological polar surface area (TPSA) is 33.6 Å². The molecule has 3 nitrogen and oxygen atoms in total. The minimum atomic E-state index is -1.84. The van der Waals surface area contributed by atoms with Crippen molar-refractivity contribution in [3.63, 3.8) is 0 Å². The molecule has 0 bridgehead atoms. The van der Waals surface area contributed by atoms with E-state index in [0.29, 0.717) is 5.02 Å². The second-order valence-electron chi connectivity index (χ2n) is 11.1. The number of fused-ring (bicyclic) bond motifs is 1. The largest absolute Gasteiger partial charge is 0.448 e. The minimum absolute atomic E-state index is 0.180. The number of ether oxygens (including phenoxy) is 1. The van der Waals surface area contributed by atoms with E-state index < -0.39 is 22.9 Å². The maximum absolute atomic E-state index is 8.64. The van der Waals surface area contributed by atoms with Crippen LogP contribution in [0.2, 0.25) is 5.02 Å². The van der Waals surface area contributed by atoms with Crippen molar-refractivity contribution in [1.29, 1.82) is 0 Å². The van der Waals surface area contributed by atoms with Gasteiger partial charge in [-0.15, -0.1) is 0 Å². The van der Waals surface area contributed by atoms with Gasteiger partial charge < -0.3 is 10.1 Å². The third-order valence-corrected chi connectivity index (χ3v) is 6.99. The zero-order chi connectivity index (χ0) is 26.0. The molecule has 0 radical (unpaired) electrons. The molecule has 0 aliphatic carbocycles. The van der Waals surface area contributed by atoms with Crippen LogP contribution < -0.4 is 5.32 Å². The molecule has 2 aromatic rings. The van der Waals surface area contributed by atoms with Crippen molar-refractivity contribution < 1.29 is 7.48 Å². The van der Waals surface area contributed by atoms with E-state index in [2.05, 4.69) is 65.7 Å². The molecule has 3 rings (SSSR count). The third-order valence-electron chi connectivity index (χ3n) is 6.75. The number of anilines is 1. The molecule has 32 heavy (non-hydrogen) atoms. The maximum Gasteiger partial charge on any atom is 0.290 e. The van der Waals surface area contributed by atoms with Gasteiger partial charge in [-0.1, -0.05) is 53.1 Å². The fourth-order valence-corrected chi connectivity index (χ4v) is 4.84.